The lowest BCUT2D eigenvalue weighted by atomic mass is 10.1. The lowest BCUT2D eigenvalue weighted by molar-refractivity contribution is -0.117. The number of amides is 1. The molecule has 0 atom stereocenters. The molecule has 2 N–H and O–H groups in total. The molecule has 2 rings (SSSR count). The number of carbonyl (C=O) groups is 1. The minimum absolute atomic E-state index is 0.245. The van der Waals surface area contributed by atoms with Crippen LogP contribution in [0.5, 0.6) is 0 Å². The van der Waals surface area contributed by atoms with E-state index in [0.29, 0.717) is 6.42 Å². The summed E-state index contributed by atoms with van der Waals surface area (Å²) in [6.07, 6.45) is 0.444. The number of nitrogens with two attached hydrogens (primary N) is 1. The maximum Gasteiger partial charge on any atom is 0.217 e. The monoisotopic (exact) mass is 245 g/mol. The molecule has 0 aliphatic rings. The minimum Gasteiger partial charge on any atom is -0.370 e. The molecule has 0 spiro atoms. The lowest BCUT2D eigenvalue weighted by Crippen LogP contribution is -2.06. The Morgan fingerprint density at radius 3 is 2.06 bits per heavy atom. The first-order valence-corrected chi connectivity index (χ1v) is 6.37. The second-order valence-electron chi connectivity index (χ2n) is 3.67. The van der Waals surface area contributed by atoms with Crippen molar-refractivity contribution in [3.05, 3.63) is 48.0 Å². The van der Waals surface area contributed by atoms with E-state index in [1.807, 2.05) is 13.8 Å². The van der Waals surface area contributed by atoms with Gasteiger partial charge in [-0.25, -0.2) is 0 Å². The second kappa shape index (κ2) is 9.23. The molecule has 18 heavy (non-hydrogen) atoms. The van der Waals surface area contributed by atoms with Gasteiger partial charge in [0.1, 0.15) is 0 Å². The molecule has 1 amide bonds. The van der Waals surface area contributed by atoms with Crippen LogP contribution in [0.3, 0.4) is 0 Å². The molecule has 0 unspecified atom stereocenters. The van der Waals surface area contributed by atoms with Crippen molar-refractivity contribution in [1.29, 1.82) is 0 Å². The van der Waals surface area contributed by atoms with Crippen molar-refractivity contribution in [3.8, 4) is 0 Å². The van der Waals surface area contributed by atoms with Crippen molar-refractivity contribution in [1.82, 2.24) is 0 Å². The number of carbonyl (C=O) groups excluding carboxylic acids is 1. The number of rotatable bonds is 1. The van der Waals surface area contributed by atoms with Crippen LogP contribution in [0.15, 0.2) is 42.5 Å². The number of hydrogen-bond acceptors (Lipinski definition) is 1. The maximum atomic E-state index is 9.59. The third-order valence-corrected chi connectivity index (χ3v) is 2.25. The van der Waals surface area contributed by atoms with Gasteiger partial charge in [-0.1, -0.05) is 68.8 Å². The summed E-state index contributed by atoms with van der Waals surface area (Å²) in [5, 5.41) is 2.64. The highest BCUT2D eigenvalue weighted by atomic mass is 16.1. The molecule has 2 aromatic carbocycles. The Morgan fingerprint density at radius 1 is 1.06 bits per heavy atom. The van der Waals surface area contributed by atoms with Gasteiger partial charge in [0.15, 0.2) is 0 Å². The van der Waals surface area contributed by atoms with Crippen LogP contribution in [0.1, 0.15) is 32.8 Å². The quantitative estimate of drug-likeness (QED) is 0.809. The first kappa shape index (κ1) is 16.2. The van der Waals surface area contributed by atoms with E-state index in [2.05, 4.69) is 55.1 Å². The number of fused-ring (bicyclic) bond motifs is 1. The van der Waals surface area contributed by atoms with Crippen LogP contribution in [-0.2, 0) is 4.79 Å². The Kier molecular flexibility index (Phi) is 8.29. The Morgan fingerprint density at radius 2 is 1.56 bits per heavy atom. The molecule has 0 bridgehead atoms. The van der Waals surface area contributed by atoms with Crippen molar-refractivity contribution >= 4 is 16.7 Å². The van der Waals surface area contributed by atoms with Gasteiger partial charge in [-0.2, -0.15) is 0 Å². The number of aryl methyl sites for hydroxylation is 1. The molecule has 0 aliphatic heterocycles. The lowest BCUT2D eigenvalue weighted by Gasteiger charge is -1.96. The van der Waals surface area contributed by atoms with Gasteiger partial charge in [-0.15, -0.1) is 0 Å². The summed E-state index contributed by atoms with van der Waals surface area (Å²) in [4.78, 5) is 9.59. The minimum atomic E-state index is -0.245. The molecule has 0 saturated heterocycles. The van der Waals surface area contributed by atoms with E-state index in [4.69, 9.17) is 0 Å². The molecular formula is C16H23NO. The number of hydrogen-bond donors (Lipinski definition) is 1. The molecular weight excluding hydrogens is 222 g/mol. The summed E-state index contributed by atoms with van der Waals surface area (Å²) in [5.74, 6) is -0.245. The predicted octanol–water partition coefficient (Wildman–Crippen LogP) is 4.06. The molecule has 0 fully saturated rings. The highest BCUT2D eigenvalue weighted by Crippen LogP contribution is 2.14. The normalized spacial score (nSPS) is 8.67. The van der Waals surface area contributed by atoms with Crippen LogP contribution in [0.4, 0.5) is 0 Å². The van der Waals surface area contributed by atoms with E-state index in [1.165, 1.54) is 16.3 Å². The van der Waals surface area contributed by atoms with E-state index in [1.54, 1.807) is 6.92 Å². The first-order chi connectivity index (χ1) is 8.63. The summed E-state index contributed by atoms with van der Waals surface area (Å²) in [6, 6.07) is 14.9. The standard InChI is InChI=1S/C11H10.C3H7NO.C2H6/c1-9-6-7-10-4-2-3-5-11(10)8-9;1-2-3(4)5;1-2/h2-8H,1H3;2H2,1H3,(H2,4,5);1-2H3. The molecule has 0 heterocycles. The fourth-order valence-electron chi connectivity index (χ4n) is 1.31. The Balaban J connectivity index is 0.000000354. The van der Waals surface area contributed by atoms with Gasteiger partial charge in [0.2, 0.25) is 5.91 Å². The summed E-state index contributed by atoms with van der Waals surface area (Å²) in [7, 11) is 0. The van der Waals surface area contributed by atoms with E-state index in [0.717, 1.165) is 0 Å². The van der Waals surface area contributed by atoms with Crippen LogP contribution in [0.2, 0.25) is 0 Å². The summed E-state index contributed by atoms with van der Waals surface area (Å²) >= 11 is 0. The average Bonchev–Trinajstić information content (AvgIpc) is 2.41. The first-order valence-electron chi connectivity index (χ1n) is 6.37. The van der Waals surface area contributed by atoms with Gasteiger partial charge in [-0.05, 0) is 17.7 Å². The van der Waals surface area contributed by atoms with Crippen LogP contribution in [0.25, 0.3) is 10.8 Å². The summed E-state index contributed by atoms with van der Waals surface area (Å²) in [6.45, 7) is 7.84. The highest BCUT2D eigenvalue weighted by Gasteiger charge is 1.89. The van der Waals surface area contributed by atoms with Crippen LogP contribution in [0, 0.1) is 6.92 Å². The molecule has 2 heteroatoms. The fourth-order valence-corrected chi connectivity index (χ4v) is 1.31. The zero-order chi connectivity index (χ0) is 14.0. The third-order valence-electron chi connectivity index (χ3n) is 2.25. The topological polar surface area (TPSA) is 43.1 Å². The Hall–Kier alpha value is -1.83. The average molecular weight is 245 g/mol. The van der Waals surface area contributed by atoms with E-state index in [-0.39, 0.29) is 5.91 Å². The second-order valence-corrected chi connectivity index (χ2v) is 3.67. The van der Waals surface area contributed by atoms with Gasteiger partial charge in [0.25, 0.3) is 0 Å². The molecule has 0 saturated carbocycles. The van der Waals surface area contributed by atoms with Gasteiger partial charge in [-0.3, -0.25) is 4.79 Å². The largest absolute Gasteiger partial charge is 0.370 e. The summed E-state index contributed by atoms with van der Waals surface area (Å²) in [5.41, 5.74) is 5.98. The molecule has 98 valence electrons. The zero-order valence-corrected chi connectivity index (χ0v) is 11.7. The van der Waals surface area contributed by atoms with Gasteiger partial charge < -0.3 is 5.73 Å². The summed E-state index contributed by atoms with van der Waals surface area (Å²) < 4.78 is 0. The van der Waals surface area contributed by atoms with Crippen molar-refractivity contribution in [2.24, 2.45) is 5.73 Å². The molecule has 0 aliphatic carbocycles. The van der Waals surface area contributed by atoms with Crippen molar-refractivity contribution in [2.75, 3.05) is 0 Å². The maximum absolute atomic E-state index is 9.59. The molecule has 2 aromatic rings. The Bertz CT molecular complexity index is 477. The van der Waals surface area contributed by atoms with Gasteiger partial charge in [0, 0.05) is 6.42 Å². The van der Waals surface area contributed by atoms with E-state index >= 15 is 0 Å². The molecule has 0 radical (unpaired) electrons. The third kappa shape index (κ3) is 6.04. The van der Waals surface area contributed by atoms with Gasteiger partial charge >= 0.3 is 0 Å². The zero-order valence-electron chi connectivity index (χ0n) is 11.7. The van der Waals surface area contributed by atoms with E-state index < -0.39 is 0 Å². The van der Waals surface area contributed by atoms with Crippen molar-refractivity contribution in [2.45, 2.75) is 34.1 Å². The Labute approximate surface area is 110 Å². The van der Waals surface area contributed by atoms with E-state index in [9.17, 15) is 4.79 Å². The smallest absolute Gasteiger partial charge is 0.217 e. The van der Waals surface area contributed by atoms with Crippen molar-refractivity contribution in [3.63, 3.8) is 0 Å². The predicted molar refractivity (Wildman–Crippen MR) is 79.5 cm³/mol. The van der Waals surface area contributed by atoms with Crippen molar-refractivity contribution < 1.29 is 4.79 Å². The molecule has 2 nitrogen and oxygen atoms in total. The highest BCUT2D eigenvalue weighted by molar-refractivity contribution is 5.82. The van der Waals surface area contributed by atoms with Crippen LogP contribution in [-0.4, -0.2) is 5.91 Å². The number of benzene rings is 2. The van der Waals surface area contributed by atoms with Gasteiger partial charge in [0.05, 0.1) is 0 Å². The number of primary amides is 1. The SMILES string of the molecule is CC.CCC(N)=O.Cc1ccc2ccccc2c1. The molecule has 0 aromatic heterocycles. The van der Waals surface area contributed by atoms with Crippen LogP contribution >= 0.6 is 0 Å². The fraction of sp³-hybridized carbons (Fsp3) is 0.312. The van der Waals surface area contributed by atoms with Crippen LogP contribution < -0.4 is 5.73 Å².